The number of thiazole rings is 1. The van der Waals surface area contributed by atoms with Gasteiger partial charge in [-0.3, -0.25) is 14.5 Å². The third-order valence-electron chi connectivity index (χ3n) is 5.65. The second-order valence-electron chi connectivity index (χ2n) is 8.56. The second-order valence-corrected chi connectivity index (χ2v) is 9.64. The van der Waals surface area contributed by atoms with Gasteiger partial charge < -0.3 is 21.7 Å². The minimum absolute atomic E-state index is 0. The van der Waals surface area contributed by atoms with Gasteiger partial charge in [0.1, 0.15) is 0 Å². The number of carbonyl (C=O) groups is 2. The number of nitrogens with two attached hydrogens (primary N) is 2. The van der Waals surface area contributed by atoms with Crippen molar-refractivity contribution in [3.05, 3.63) is 40.4 Å². The fourth-order valence-corrected chi connectivity index (χ4v) is 5.06. The topological polar surface area (TPSA) is 130 Å². The zero-order chi connectivity index (χ0) is 24.0. The van der Waals surface area contributed by atoms with Crippen molar-refractivity contribution in [3.8, 4) is 0 Å². The average Bonchev–Trinajstić information content (AvgIpc) is 3.13. The van der Waals surface area contributed by atoms with Gasteiger partial charge in [0.2, 0.25) is 11.8 Å². The van der Waals surface area contributed by atoms with Crippen LogP contribution < -0.4 is 16.8 Å². The van der Waals surface area contributed by atoms with E-state index in [2.05, 4.69) is 15.2 Å². The largest absolute Gasteiger partial charge is 0.370 e. The van der Waals surface area contributed by atoms with Crippen LogP contribution in [-0.4, -0.2) is 59.7 Å². The molecule has 0 bridgehead atoms. The highest BCUT2D eigenvalue weighted by Crippen LogP contribution is 2.28. The SMILES string of the molecule is CC(=O)Nc1nc(CCc2ccc(N=C(N)N)cc2)c(CN2CCC(C(=O)N(C)C)CC2)s1.Cl.Cl. The van der Waals surface area contributed by atoms with Gasteiger partial charge in [0.05, 0.1) is 11.4 Å². The van der Waals surface area contributed by atoms with Gasteiger partial charge in [-0.05, 0) is 56.5 Å². The summed E-state index contributed by atoms with van der Waals surface area (Å²) in [5, 5.41) is 3.46. The number of anilines is 1. The van der Waals surface area contributed by atoms with Crippen LogP contribution in [0.25, 0.3) is 0 Å². The maximum Gasteiger partial charge on any atom is 0.225 e. The van der Waals surface area contributed by atoms with Crippen LogP contribution in [-0.2, 0) is 29.0 Å². The Morgan fingerprint density at radius 3 is 2.31 bits per heavy atom. The predicted molar refractivity (Wildman–Crippen MR) is 147 cm³/mol. The Morgan fingerprint density at radius 1 is 1.14 bits per heavy atom. The lowest BCUT2D eigenvalue weighted by Crippen LogP contribution is -2.39. The number of likely N-dealkylation sites (tertiary alicyclic amines) is 1. The number of nitrogens with one attached hydrogen (secondary N) is 1. The van der Waals surface area contributed by atoms with Crippen LogP contribution >= 0.6 is 36.2 Å². The van der Waals surface area contributed by atoms with Crippen LogP contribution in [0.5, 0.6) is 0 Å². The zero-order valence-electron chi connectivity index (χ0n) is 20.3. The lowest BCUT2D eigenvalue weighted by molar-refractivity contribution is -0.134. The van der Waals surface area contributed by atoms with Gasteiger partial charge in [0, 0.05) is 38.4 Å². The molecule has 2 heterocycles. The van der Waals surface area contributed by atoms with Gasteiger partial charge in [-0.2, -0.15) is 0 Å². The fourth-order valence-electron chi connectivity index (χ4n) is 3.96. The van der Waals surface area contributed by atoms with E-state index in [-0.39, 0.29) is 48.5 Å². The number of aryl methyl sites for hydroxylation is 2. The lowest BCUT2D eigenvalue weighted by atomic mass is 9.95. The number of hydrogen-bond donors (Lipinski definition) is 3. The van der Waals surface area contributed by atoms with E-state index < -0.39 is 0 Å². The van der Waals surface area contributed by atoms with Crippen LogP contribution in [0.2, 0.25) is 0 Å². The maximum atomic E-state index is 12.3. The van der Waals surface area contributed by atoms with E-state index >= 15 is 0 Å². The monoisotopic (exact) mass is 543 g/mol. The summed E-state index contributed by atoms with van der Waals surface area (Å²) in [6.07, 6.45) is 3.32. The molecule has 2 amide bonds. The third-order valence-corrected chi connectivity index (χ3v) is 6.65. The van der Waals surface area contributed by atoms with Gasteiger partial charge in [0.25, 0.3) is 0 Å². The summed E-state index contributed by atoms with van der Waals surface area (Å²) in [6, 6.07) is 7.79. The van der Waals surface area contributed by atoms with Crippen molar-refractivity contribution < 1.29 is 9.59 Å². The molecule has 1 aromatic carbocycles. The molecule has 1 saturated heterocycles. The molecule has 1 aliphatic rings. The molecule has 3 rings (SSSR count). The van der Waals surface area contributed by atoms with E-state index in [1.807, 2.05) is 38.4 Å². The number of aliphatic imine (C=N–C) groups is 1. The minimum Gasteiger partial charge on any atom is -0.370 e. The van der Waals surface area contributed by atoms with Crippen molar-refractivity contribution in [3.63, 3.8) is 0 Å². The Labute approximate surface area is 223 Å². The summed E-state index contributed by atoms with van der Waals surface area (Å²) < 4.78 is 0. The van der Waals surface area contributed by atoms with Crippen molar-refractivity contribution >= 4 is 64.7 Å². The van der Waals surface area contributed by atoms with Gasteiger partial charge in [-0.1, -0.05) is 12.1 Å². The molecular weight excluding hydrogens is 509 g/mol. The molecule has 0 aliphatic carbocycles. The molecule has 5 N–H and O–H groups in total. The summed E-state index contributed by atoms with van der Waals surface area (Å²) >= 11 is 1.53. The Hall–Kier alpha value is -2.40. The van der Waals surface area contributed by atoms with Gasteiger partial charge in [-0.15, -0.1) is 36.2 Å². The number of nitrogens with zero attached hydrogens (tertiary/aromatic N) is 4. The van der Waals surface area contributed by atoms with Crippen LogP contribution in [0.15, 0.2) is 29.3 Å². The molecular formula is C23H35Cl2N7O2S. The number of guanidine groups is 1. The van der Waals surface area contributed by atoms with E-state index in [0.29, 0.717) is 5.13 Å². The number of aromatic nitrogens is 1. The molecule has 1 aliphatic heterocycles. The Kier molecular flexibility index (Phi) is 12.5. The van der Waals surface area contributed by atoms with E-state index in [1.165, 1.54) is 18.3 Å². The van der Waals surface area contributed by atoms with Crippen molar-refractivity contribution in [2.24, 2.45) is 22.4 Å². The van der Waals surface area contributed by atoms with E-state index in [1.54, 1.807) is 4.90 Å². The van der Waals surface area contributed by atoms with Crippen LogP contribution in [0.4, 0.5) is 10.8 Å². The molecule has 1 aromatic heterocycles. The molecule has 194 valence electrons. The summed E-state index contributed by atoms with van der Waals surface area (Å²) in [6.45, 7) is 4.02. The quantitative estimate of drug-likeness (QED) is 0.346. The average molecular weight is 545 g/mol. The smallest absolute Gasteiger partial charge is 0.225 e. The molecule has 9 nitrogen and oxygen atoms in total. The number of rotatable bonds is 8. The third kappa shape index (κ3) is 9.29. The van der Waals surface area contributed by atoms with Gasteiger partial charge in [0.15, 0.2) is 11.1 Å². The molecule has 0 unspecified atom stereocenters. The van der Waals surface area contributed by atoms with Crippen LogP contribution in [0.1, 0.15) is 35.9 Å². The fraction of sp³-hybridized carbons (Fsp3) is 0.478. The number of hydrogen-bond acceptors (Lipinski definition) is 6. The first-order valence-electron chi connectivity index (χ1n) is 11.1. The summed E-state index contributed by atoms with van der Waals surface area (Å²) in [5.41, 5.74) is 13.7. The van der Waals surface area contributed by atoms with Crippen molar-refractivity contribution in [1.29, 1.82) is 0 Å². The van der Waals surface area contributed by atoms with Crippen LogP contribution in [0.3, 0.4) is 0 Å². The Bertz CT molecular complexity index is 1000. The normalized spacial score (nSPS) is 13.8. The first kappa shape index (κ1) is 30.6. The summed E-state index contributed by atoms with van der Waals surface area (Å²) in [5.74, 6) is 0.233. The predicted octanol–water partition coefficient (Wildman–Crippen LogP) is 2.94. The standard InChI is InChI=1S/C23H33N7O2S.2ClH/c1-15(31)26-23-28-19(9-6-16-4-7-18(8-5-16)27-22(24)25)20(33-23)14-30-12-10-17(11-13-30)21(32)29(2)3;;/h4-5,7-8,17H,6,9-14H2,1-3H3,(H4,24,25,27)(H,26,28,31);2*1H. The number of carbonyl (C=O) groups excluding carboxylic acids is 2. The van der Waals surface area contributed by atoms with Gasteiger partial charge in [-0.25, -0.2) is 9.98 Å². The maximum absolute atomic E-state index is 12.3. The molecule has 0 radical (unpaired) electrons. The minimum atomic E-state index is -0.125. The highest BCUT2D eigenvalue weighted by atomic mass is 35.5. The molecule has 12 heteroatoms. The number of amides is 2. The summed E-state index contributed by atoms with van der Waals surface area (Å²) in [7, 11) is 3.63. The lowest BCUT2D eigenvalue weighted by Gasteiger charge is -2.32. The highest BCUT2D eigenvalue weighted by Gasteiger charge is 2.27. The van der Waals surface area contributed by atoms with Crippen LogP contribution in [0, 0.1) is 5.92 Å². The summed E-state index contributed by atoms with van der Waals surface area (Å²) in [4.78, 5) is 37.8. The Balaban J connectivity index is 0.00000306. The van der Waals surface area contributed by atoms with Crippen molar-refractivity contribution in [1.82, 2.24) is 14.8 Å². The molecule has 0 atom stereocenters. The van der Waals surface area contributed by atoms with E-state index in [9.17, 15) is 9.59 Å². The first-order chi connectivity index (χ1) is 15.7. The number of halogens is 2. The highest BCUT2D eigenvalue weighted by molar-refractivity contribution is 7.15. The molecule has 0 saturated carbocycles. The molecule has 35 heavy (non-hydrogen) atoms. The zero-order valence-corrected chi connectivity index (χ0v) is 22.8. The number of piperidine rings is 1. The van der Waals surface area contributed by atoms with Crippen molar-refractivity contribution in [2.75, 3.05) is 32.5 Å². The molecule has 2 aromatic rings. The Morgan fingerprint density at radius 2 is 1.77 bits per heavy atom. The molecule has 1 fully saturated rings. The van der Waals surface area contributed by atoms with E-state index in [4.69, 9.17) is 16.5 Å². The number of benzene rings is 1. The molecule has 0 spiro atoms. The van der Waals surface area contributed by atoms with Gasteiger partial charge >= 0.3 is 0 Å². The first-order valence-corrected chi connectivity index (χ1v) is 11.9. The second kappa shape index (κ2) is 14.2. The van der Waals surface area contributed by atoms with E-state index in [0.717, 1.165) is 67.1 Å². The van der Waals surface area contributed by atoms with Crippen molar-refractivity contribution in [2.45, 2.75) is 39.2 Å².